The van der Waals surface area contributed by atoms with E-state index < -0.39 is 0 Å². The molecule has 0 aliphatic rings. The summed E-state index contributed by atoms with van der Waals surface area (Å²) in [5, 5.41) is 0. The molecule has 4 heteroatoms. The molecule has 0 bridgehead atoms. The Balaban J connectivity index is 1.90. The van der Waals surface area contributed by atoms with Crippen molar-refractivity contribution >= 4 is 17.0 Å². The Morgan fingerprint density at radius 3 is 2.45 bits per heavy atom. The zero-order valence-electron chi connectivity index (χ0n) is 12.0. The highest BCUT2D eigenvalue weighted by atomic mass is 15.1. The number of hydrogen-bond donors (Lipinski definition) is 1. The third-order valence-corrected chi connectivity index (χ3v) is 3.33. The van der Waals surface area contributed by atoms with Gasteiger partial charge in [0.1, 0.15) is 11.6 Å². The van der Waals surface area contributed by atoms with Gasteiger partial charge in [0.15, 0.2) is 5.65 Å². The summed E-state index contributed by atoms with van der Waals surface area (Å²) in [4.78, 5) is 14.4. The maximum atomic E-state index is 4.58. The second kappa shape index (κ2) is 4.96. The van der Waals surface area contributed by atoms with E-state index in [1.54, 1.807) is 0 Å². The van der Waals surface area contributed by atoms with Gasteiger partial charge in [0, 0.05) is 20.5 Å². The molecular weight excluding hydrogens is 248 g/mol. The lowest BCUT2D eigenvalue weighted by Gasteiger charge is -2.09. The Labute approximate surface area is 118 Å². The fraction of sp³-hybridized carbons (Fsp3) is 0.250. The fourth-order valence-corrected chi connectivity index (χ4v) is 2.16. The van der Waals surface area contributed by atoms with E-state index in [2.05, 4.69) is 46.1 Å². The van der Waals surface area contributed by atoms with Gasteiger partial charge in [0.25, 0.3) is 0 Å². The van der Waals surface area contributed by atoms with Crippen LogP contribution in [0.5, 0.6) is 0 Å². The highest BCUT2D eigenvalue weighted by Gasteiger charge is 2.06. The van der Waals surface area contributed by atoms with E-state index >= 15 is 0 Å². The van der Waals surface area contributed by atoms with Crippen molar-refractivity contribution in [2.24, 2.45) is 0 Å². The van der Waals surface area contributed by atoms with E-state index in [9.17, 15) is 0 Å². The minimum Gasteiger partial charge on any atom is -0.363 e. The molecule has 0 aliphatic heterocycles. The third kappa shape index (κ3) is 2.50. The number of hydrogen-bond acceptors (Lipinski definition) is 3. The van der Waals surface area contributed by atoms with E-state index in [0.29, 0.717) is 0 Å². The average molecular weight is 266 g/mol. The molecular formula is C16H18N4. The molecule has 0 saturated heterocycles. The Bertz CT molecular complexity index is 726. The number of H-pyrrole nitrogens is 1. The first-order valence-corrected chi connectivity index (χ1v) is 6.70. The number of benzene rings is 1. The van der Waals surface area contributed by atoms with Crippen molar-refractivity contribution in [2.75, 3.05) is 19.0 Å². The SMILES string of the molecule is Cc1ccc(Cc2nc3nc(N(C)C)ccc3[nH]2)cc1. The molecule has 0 saturated carbocycles. The smallest absolute Gasteiger partial charge is 0.179 e. The number of imidazole rings is 1. The second-order valence-electron chi connectivity index (χ2n) is 5.28. The van der Waals surface area contributed by atoms with Crippen molar-refractivity contribution in [1.29, 1.82) is 0 Å². The standard InChI is InChI=1S/C16H18N4/c1-11-4-6-12(7-5-11)10-14-17-13-8-9-15(20(2)3)19-16(13)18-14/h4-9H,10H2,1-3H3,(H,17,18,19). The van der Waals surface area contributed by atoms with Gasteiger partial charge in [-0.25, -0.2) is 9.97 Å². The number of aromatic nitrogens is 3. The molecule has 0 amide bonds. The molecule has 4 nitrogen and oxygen atoms in total. The molecule has 0 spiro atoms. The van der Waals surface area contributed by atoms with Crippen LogP contribution in [0.4, 0.5) is 5.82 Å². The summed E-state index contributed by atoms with van der Waals surface area (Å²) in [6, 6.07) is 12.6. The molecule has 1 aromatic carbocycles. The van der Waals surface area contributed by atoms with Crippen LogP contribution >= 0.6 is 0 Å². The normalized spacial score (nSPS) is 10.9. The van der Waals surface area contributed by atoms with Gasteiger partial charge < -0.3 is 9.88 Å². The van der Waals surface area contributed by atoms with Crippen molar-refractivity contribution in [2.45, 2.75) is 13.3 Å². The van der Waals surface area contributed by atoms with Gasteiger partial charge in [0.2, 0.25) is 0 Å². The van der Waals surface area contributed by atoms with Crippen LogP contribution in [0.2, 0.25) is 0 Å². The third-order valence-electron chi connectivity index (χ3n) is 3.33. The Hall–Kier alpha value is -2.36. The number of fused-ring (bicyclic) bond motifs is 1. The Morgan fingerprint density at radius 2 is 1.75 bits per heavy atom. The summed E-state index contributed by atoms with van der Waals surface area (Å²) in [6.45, 7) is 2.09. The maximum absolute atomic E-state index is 4.58. The van der Waals surface area contributed by atoms with Gasteiger partial charge in [0.05, 0.1) is 5.52 Å². The van der Waals surface area contributed by atoms with E-state index in [1.165, 1.54) is 11.1 Å². The number of rotatable bonds is 3. The Morgan fingerprint density at radius 1 is 1.00 bits per heavy atom. The molecule has 20 heavy (non-hydrogen) atoms. The molecule has 102 valence electrons. The first-order chi connectivity index (χ1) is 9.61. The minimum absolute atomic E-state index is 0.776. The van der Waals surface area contributed by atoms with Gasteiger partial charge in [-0.3, -0.25) is 0 Å². The molecule has 0 unspecified atom stereocenters. The predicted octanol–water partition coefficient (Wildman–Crippen LogP) is 2.92. The fourth-order valence-electron chi connectivity index (χ4n) is 2.16. The van der Waals surface area contributed by atoms with E-state index in [1.807, 2.05) is 31.1 Å². The molecule has 2 heterocycles. The number of aryl methyl sites for hydroxylation is 1. The number of nitrogens with one attached hydrogen (secondary N) is 1. The van der Waals surface area contributed by atoms with Gasteiger partial charge in [-0.15, -0.1) is 0 Å². The van der Waals surface area contributed by atoms with Crippen LogP contribution in [0.15, 0.2) is 36.4 Å². The summed E-state index contributed by atoms with van der Waals surface area (Å²) in [5.74, 6) is 1.87. The largest absolute Gasteiger partial charge is 0.363 e. The van der Waals surface area contributed by atoms with E-state index in [-0.39, 0.29) is 0 Å². The van der Waals surface area contributed by atoms with Gasteiger partial charge in [-0.05, 0) is 24.6 Å². The van der Waals surface area contributed by atoms with Crippen LogP contribution < -0.4 is 4.90 Å². The lowest BCUT2D eigenvalue weighted by molar-refractivity contribution is 1.03. The van der Waals surface area contributed by atoms with Crippen molar-refractivity contribution in [3.8, 4) is 0 Å². The highest BCUT2D eigenvalue weighted by Crippen LogP contribution is 2.16. The number of anilines is 1. The molecule has 0 radical (unpaired) electrons. The quantitative estimate of drug-likeness (QED) is 0.792. The van der Waals surface area contributed by atoms with Crippen molar-refractivity contribution < 1.29 is 0 Å². The topological polar surface area (TPSA) is 44.8 Å². The summed E-state index contributed by atoms with van der Waals surface area (Å²) < 4.78 is 0. The van der Waals surface area contributed by atoms with Crippen LogP contribution in [0.25, 0.3) is 11.2 Å². The number of pyridine rings is 1. The lowest BCUT2D eigenvalue weighted by Crippen LogP contribution is -2.10. The maximum Gasteiger partial charge on any atom is 0.179 e. The average Bonchev–Trinajstić information content (AvgIpc) is 2.82. The van der Waals surface area contributed by atoms with E-state index in [4.69, 9.17) is 0 Å². The van der Waals surface area contributed by atoms with Crippen LogP contribution in [0.3, 0.4) is 0 Å². The first kappa shape index (κ1) is 12.7. The van der Waals surface area contributed by atoms with Crippen molar-refractivity contribution in [3.63, 3.8) is 0 Å². The van der Waals surface area contributed by atoms with Crippen LogP contribution in [0, 0.1) is 6.92 Å². The molecule has 3 rings (SSSR count). The van der Waals surface area contributed by atoms with Crippen LogP contribution in [-0.4, -0.2) is 29.0 Å². The number of nitrogens with zero attached hydrogens (tertiary/aromatic N) is 3. The molecule has 1 N–H and O–H groups in total. The molecule has 0 atom stereocenters. The molecule has 2 aromatic heterocycles. The second-order valence-corrected chi connectivity index (χ2v) is 5.28. The number of aromatic amines is 1. The zero-order valence-corrected chi connectivity index (χ0v) is 12.0. The summed E-state index contributed by atoms with van der Waals surface area (Å²) in [7, 11) is 3.96. The van der Waals surface area contributed by atoms with Crippen molar-refractivity contribution in [1.82, 2.24) is 15.0 Å². The summed E-state index contributed by atoms with van der Waals surface area (Å²) in [6.07, 6.45) is 0.800. The van der Waals surface area contributed by atoms with Gasteiger partial charge in [-0.2, -0.15) is 0 Å². The summed E-state index contributed by atoms with van der Waals surface area (Å²) >= 11 is 0. The van der Waals surface area contributed by atoms with E-state index in [0.717, 1.165) is 29.2 Å². The first-order valence-electron chi connectivity index (χ1n) is 6.70. The molecule has 0 fully saturated rings. The van der Waals surface area contributed by atoms with Gasteiger partial charge >= 0.3 is 0 Å². The van der Waals surface area contributed by atoms with Gasteiger partial charge in [-0.1, -0.05) is 29.8 Å². The molecule has 0 aliphatic carbocycles. The van der Waals surface area contributed by atoms with Crippen LogP contribution in [0.1, 0.15) is 17.0 Å². The monoisotopic (exact) mass is 266 g/mol. The lowest BCUT2D eigenvalue weighted by atomic mass is 10.1. The van der Waals surface area contributed by atoms with Crippen LogP contribution in [-0.2, 0) is 6.42 Å². The Kier molecular flexibility index (Phi) is 3.14. The predicted molar refractivity (Wildman–Crippen MR) is 82.2 cm³/mol. The van der Waals surface area contributed by atoms with Crippen molar-refractivity contribution in [3.05, 3.63) is 53.3 Å². The summed E-state index contributed by atoms with van der Waals surface area (Å²) in [5.41, 5.74) is 4.29. The zero-order chi connectivity index (χ0) is 14.1. The highest BCUT2D eigenvalue weighted by molar-refractivity contribution is 5.73. The molecule has 3 aromatic rings. The minimum atomic E-state index is 0.776.